The first-order valence-electron chi connectivity index (χ1n) is 10.7. The molecule has 0 atom stereocenters. The second kappa shape index (κ2) is 9.27. The molecule has 0 saturated carbocycles. The molecule has 0 N–H and O–H groups in total. The summed E-state index contributed by atoms with van der Waals surface area (Å²) in [6.07, 6.45) is 1.56. The van der Waals surface area contributed by atoms with Crippen LogP contribution in [0.3, 0.4) is 0 Å². The van der Waals surface area contributed by atoms with Crippen LogP contribution in [0.5, 0.6) is 0 Å². The molecule has 0 fully saturated rings. The van der Waals surface area contributed by atoms with Crippen molar-refractivity contribution in [3.8, 4) is 39.8 Å². The van der Waals surface area contributed by atoms with Crippen molar-refractivity contribution in [1.29, 1.82) is 5.26 Å². The number of aryl methyl sites for hydroxylation is 1. The number of nitriles is 1. The maximum atomic E-state index is 10.00. The van der Waals surface area contributed by atoms with E-state index < -0.39 is 0 Å². The molecule has 0 bridgehead atoms. The number of benzene rings is 3. The van der Waals surface area contributed by atoms with Crippen molar-refractivity contribution in [2.24, 2.45) is 4.99 Å². The Morgan fingerprint density at radius 1 is 0.824 bits per heavy atom. The third kappa shape index (κ3) is 4.17. The zero-order valence-electron chi connectivity index (χ0n) is 18.3. The normalized spacial score (nSPS) is 11.1. The van der Waals surface area contributed by atoms with Gasteiger partial charge in [0.2, 0.25) is 5.88 Å². The van der Waals surface area contributed by atoms with Gasteiger partial charge in [0.25, 0.3) is 0 Å². The van der Waals surface area contributed by atoms with Gasteiger partial charge in [-0.15, -0.1) is 0 Å². The lowest BCUT2D eigenvalue weighted by molar-refractivity contribution is 0.572. The molecule has 0 radical (unpaired) electrons. The summed E-state index contributed by atoms with van der Waals surface area (Å²) >= 11 is 6.25. The van der Waals surface area contributed by atoms with Crippen LogP contribution in [-0.2, 0) is 0 Å². The van der Waals surface area contributed by atoms with Crippen LogP contribution < -0.4 is 0 Å². The smallest absolute Gasteiger partial charge is 0.238 e. The van der Waals surface area contributed by atoms with Crippen LogP contribution in [0.25, 0.3) is 33.8 Å². The van der Waals surface area contributed by atoms with E-state index in [0.29, 0.717) is 27.9 Å². The van der Waals surface area contributed by atoms with Crippen molar-refractivity contribution < 1.29 is 8.83 Å². The molecule has 0 unspecified atom stereocenters. The van der Waals surface area contributed by atoms with Gasteiger partial charge in [-0.05, 0) is 36.2 Å². The Kier molecular flexibility index (Phi) is 5.86. The molecule has 2 aromatic heterocycles. The molecule has 34 heavy (non-hydrogen) atoms. The first-order valence-corrected chi connectivity index (χ1v) is 11.1. The summed E-state index contributed by atoms with van der Waals surface area (Å²) in [5.41, 5.74) is 4.73. The Balaban J connectivity index is 1.55. The standard InChI is InChI=1S/C29H19ClN2O2/c1-19-12-13-22(16-25(19)30)26-15-14-23(33-26)18-32-29-24(17-31)27(20-8-4-2-5-9-20)28(34-29)21-10-6-3-7-11-21/h2-16,18H,1H3. The summed E-state index contributed by atoms with van der Waals surface area (Å²) in [6, 6.07) is 31.2. The molecule has 0 spiro atoms. The quantitative estimate of drug-likeness (QED) is 0.246. The number of hydrogen-bond acceptors (Lipinski definition) is 4. The zero-order chi connectivity index (χ0) is 23.5. The zero-order valence-corrected chi connectivity index (χ0v) is 19.1. The molecule has 5 aromatic rings. The van der Waals surface area contributed by atoms with Gasteiger partial charge < -0.3 is 8.83 Å². The minimum atomic E-state index is 0.233. The van der Waals surface area contributed by atoms with Crippen LogP contribution in [-0.4, -0.2) is 6.21 Å². The van der Waals surface area contributed by atoms with Gasteiger partial charge in [-0.25, -0.2) is 4.99 Å². The number of furan rings is 2. The largest absolute Gasteiger partial charge is 0.455 e. The summed E-state index contributed by atoms with van der Waals surface area (Å²) in [7, 11) is 0. The highest BCUT2D eigenvalue weighted by Crippen LogP contribution is 2.42. The van der Waals surface area contributed by atoms with Crippen LogP contribution >= 0.6 is 11.6 Å². The van der Waals surface area contributed by atoms with E-state index in [1.165, 1.54) is 0 Å². The Morgan fingerprint density at radius 2 is 1.53 bits per heavy atom. The predicted molar refractivity (Wildman–Crippen MR) is 135 cm³/mol. The lowest BCUT2D eigenvalue weighted by atomic mass is 9.98. The Hall–Kier alpha value is -4.33. The molecule has 0 saturated heterocycles. The van der Waals surface area contributed by atoms with E-state index in [0.717, 1.165) is 27.8 Å². The molecule has 0 amide bonds. The fraction of sp³-hybridized carbons (Fsp3) is 0.0345. The Morgan fingerprint density at radius 3 is 2.21 bits per heavy atom. The first kappa shape index (κ1) is 21.5. The molecule has 0 aliphatic heterocycles. The topological polar surface area (TPSA) is 62.4 Å². The molecule has 2 heterocycles. The van der Waals surface area contributed by atoms with Gasteiger partial charge >= 0.3 is 0 Å². The minimum absolute atomic E-state index is 0.233. The number of hydrogen-bond donors (Lipinski definition) is 0. The highest BCUT2D eigenvalue weighted by atomic mass is 35.5. The van der Waals surface area contributed by atoms with E-state index in [1.807, 2.05) is 97.9 Å². The molecule has 3 aromatic carbocycles. The second-order valence-electron chi connectivity index (χ2n) is 7.75. The molecule has 0 aliphatic rings. The van der Waals surface area contributed by atoms with Crippen molar-refractivity contribution >= 4 is 23.7 Å². The Bertz CT molecular complexity index is 1520. The van der Waals surface area contributed by atoms with Crippen molar-refractivity contribution in [1.82, 2.24) is 0 Å². The van der Waals surface area contributed by atoms with Gasteiger partial charge in [-0.1, -0.05) is 84.4 Å². The van der Waals surface area contributed by atoms with Gasteiger partial charge in [0.15, 0.2) is 0 Å². The number of halogens is 1. The minimum Gasteiger partial charge on any atom is -0.455 e. The lowest BCUT2D eigenvalue weighted by Gasteiger charge is -2.03. The summed E-state index contributed by atoms with van der Waals surface area (Å²) in [6.45, 7) is 1.95. The molecule has 0 aliphatic carbocycles. The van der Waals surface area contributed by atoms with Gasteiger partial charge in [-0.3, -0.25) is 0 Å². The summed E-state index contributed by atoms with van der Waals surface area (Å²) in [5.74, 6) is 2.05. The number of aliphatic imine (C=N–C) groups is 1. The van der Waals surface area contributed by atoms with E-state index in [1.54, 1.807) is 6.21 Å². The maximum absolute atomic E-state index is 10.00. The van der Waals surface area contributed by atoms with Gasteiger partial charge in [0.1, 0.15) is 28.9 Å². The van der Waals surface area contributed by atoms with Crippen LogP contribution in [0.2, 0.25) is 5.02 Å². The summed E-state index contributed by atoms with van der Waals surface area (Å²) < 4.78 is 12.1. The van der Waals surface area contributed by atoms with Crippen molar-refractivity contribution in [2.75, 3.05) is 0 Å². The lowest BCUT2D eigenvalue weighted by Crippen LogP contribution is -1.83. The molecule has 4 nitrogen and oxygen atoms in total. The van der Waals surface area contributed by atoms with Gasteiger partial charge in [-0.2, -0.15) is 5.26 Å². The second-order valence-corrected chi connectivity index (χ2v) is 8.16. The van der Waals surface area contributed by atoms with Crippen LogP contribution in [0.1, 0.15) is 16.9 Å². The molecule has 5 rings (SSSR count). The maximum Gasteiger partial charge on any atom is 0.238 e. The molecular weight excluding hydrogens is 444 g/mol. The van der Waals surface area contributed by atoms with E-state index in [4.69, 9.17) is 20.4 Å². The van der Waals surface area contributed by atoms with E-state index >= 15 is 0 Å². The SMILES string of the molecule is Cc1ccc(-c2ccc(C=Nc3oc(-c4ccccc4)c(-c4ccccc4)c3C#N)o2)cc1Cl. The number of nitrogens with zero attached hydrogens (tertiary/aromatic N) is 2. The van der Waals surface area contributed by atoms with Crippen LogP contribution in [0, 0.1) is 18.3 Å². The van der Waals surface area contributed by atoms with Gasteiger partial charge in [0, 0.05) is 21.7 Å². The fourth-order valence-electron chi connectivity index (χ4n) is 3.73. The summed E-state index contributed by atoms with van der Waals surface area (Å²) in [5, 5.41) is 10.7. The highest BCUT2D eigenvalue weighted by molar-refractivity contribution is 6.31. The van der Waals surface area contributed by atoms with Crippen LogP contribution in [0.4, 0.5) is 5.88 Å². The van der Waals surface area contributed by atoms with E-state index in [2.05, 4.69) is 11.1 Å². The Labute approximate surface area is 202 Å². The monoisotopic (exact) mass is 462 g/mol. The average Bonchev–Trinajstić information content (AvgIpc) is 3.50. The summed E-state index contributed by atoms with van der Waals surface area (Å²) in [4.78, 5) is 4.48. The fourth-order valence-corrected chi connectivity index (χ4v) is 3.91. The van der Waals surface area contributed by atoms with Crippen molar-refractivity contribution in [2.45, 2.75) is 6.92 Å². The van der Waals surface area contributed by atoms with Crippen LogP contribution in [0.15, 0.2) is 105 Å². The van der Waals surface area contributed by atoms with Crippen molar-refractivity contribution in [3.63, 3.8) is 0 Å². The van der Waals surface area contributed by atoms with Gasteiger partial charge in [0.05, 0.1) is 6.21 Å². The third-order valence-electron chi connectivity index (χ3n) is 5.49. The highest BCUT2D eigenvalue weighted by Gasteiger charge is 2.22. The first-order chi connectivity index (χ1) is 16.6. The third-order valence-corrected chi connectivity index (χ3v) is 5.90. The van der Waals surface area contributed by atoms with E-state index in [9.17, 15) is 5.26 Å². The van der Waals surface area contributed by atoms with E-state index in [-0.39, 0.29) is 5.88 Å². The average molecular weight is 463 g/mol. The predicted octanol–water partition coefficient (Wildman–Crippen LogP) is 8.46. The molecule has 5 heteroatoms. The number of rotatable bonds is 5. The van der Waals surface area contributed by atoms with Crippen molar-refractivity contribution in [3.05, 3.63) is 113 Å². The molecular formula is C29H19ClN2O2. The molecule has 164 valence electrons.